The van der Waals surface area contributed by atoms with Gasteiger partial charge in [0, 0.05) is 51.9 Å². The van der Waals surface area contributed by atoms with Crippen LogP contribution in [-0.4, -0.2) is 103 Å². The highest BCUT2D eigenvalue weighted by atomic mass is 32.2. The van der Waals surface area contributed by atoms with Gasteiger partial charge in [-0.15, -0.1) is 10.2 Å². The SMILES string of the molecule is CC(C)(C)OC(=O)N1CCCC(CC(=O)NC(=N)SC(=N)CCSCCc2nnc(NC(=O)CC3CCCN(C(=O)OC(C)(C)C)C3)s2)C1. The molecule has 0 bridgehead atoms. The molecule has 3 rings (SSSR count). The Labute approximate surface area is 302 Å². The number of rotatable bonds is 11. The molecule has 1 aromatic rings. The molecule has 2 aliphatic rings. The van der Waals surface area contributed by atoms with Crippen LogP contribution in [-0.2, 0) is 25.5 Å². The number of hydrogen-bond acceptors (Lipinski definition) is 13. The van der Waals surface area contributed by atoms with Gasteiger partial charge in [-0.2, -0.15) is 11.8 Å². The van der Waals surface area contributed by atoms with E-state index in [0.717, 1.165) is 48.2 Å². The standard InChI is InChI=1S/C32H52N8O6S3/c1-31(2,3)45-29(43)39-13-7-9-21(19-39)17-24(41)35-27(34)48-23(33)11-15-47-16-12-26-37-38-28(49-26)36-25(42)18-22-10-8-14-40(20-22)30(44)46-32(4,5)6/h21-22,33H,7-20H2,1-6H3,(H2,34,35,41)(H,36,38,42). The van der Waals surface area contributed by atoms with E-state index in [2.05, 4.69) is 20.8 Å². The van der Waals surface area contributed by atoms with Crippen LogP contribution in [0.1, 0.15) is 91.5 Å². The second kappa shape index (κ2) is 18.9. The van der Waals surface area contributed by atoms with E-state index in [4.69, 9.17) is 20.3 Å². The van der Waals surface area contributed by atoms with E-state index >= 15 is 0 Å². The minimum absolute atomic E-state index is 0.00408. The predicted molar refractivity (Wildman–Crippen MR) is 196 cm³/mol. The maximum absolute atomic E-state index is 12.7. The topological polar surface area (TPSA) is 191 Å². The average Bonchev–Trinajstić information content (AvgIpc) is 3.42. The van der Waals surface area contributed by atoms with Crippen LogP contribution in [0.25, 0.3) is 0 Å². The fourth-order valence-corrected chi connectivity index (χ4v) is 7.87. The number of nitrogens with zero attached hydrogens (tertiary/aromatic N) is 4. The number of carbonyl (C=O) groups is 4. The number of carbonyl (C=O) groups excluding carboxylic acids is 4. The van der Waals surface area contributed by atoms with Gasteiger partial charge in [-0.25, -0.2) is 9.59 Å². The van der Waals surface area contributed by atoms with Crippen molar-refractivity contribution in [2.24, 2.45) is 11.8 Å². The molecule has 2 saturated heterocycles. The number of amidine groups is 1. The fraction of sp³-hybridized carbons (Fsp3) is 0.750. The Morgan fingerprint density at radius 3 is 1.96 bits per heavy atom. The van der Waals surface area contributed by atoms with Crippen LogP contribution in [0, 0.1) is 22.7 Å². The third-order valence-electron chi connectivity index (χ3n) is 7.41. The van der Waals surface area contributed by atoms with Gasteiger partial charge in [0.15, 0.2) is 5.17 Å². The molecule has 0 aliphatic carbocycles. The molecule has 49 heavy (non-hydrogen) atoms. The maximum atomic E-state index is 12.7. The van der Waals surface area contributed by atoms with Crippen molar-refractivity contribution in [3.05, 3.63) is 5.01 Å². The third kappa shape index (κ3) is 16.1. The minimum Gasteiger partial charge on any atom is -0.444 e. The Morgan fingerprint density at radius 1 is 0.857 bits per heavy atom. The highest BCUT2D eigenvalue weighted by Gasteiger charge is 2.30. The van der Waals surface area contributed by atoms with Crippen molar-refractivity contribution in [1.82, 2.24) is 25.3 Å². The number of thioether (sulfide) groups is 2. The van der Waals surface area contributed by atoms with Crippen molar-refractivity contribution in [3.8, 4) is 0 Å². The summed E-state index contributed by atoms with van der Waals surface area (Å²) in [6.07, 6.45) is 4.24. The molecule has 2 fully saturated rings. The van der Waals surface area contributed by atoms with Crippen LogP contribution in [0.4, 0.5) is 14.7 Å². The van der Waals surface area contributed by atoms with Crippen molar-refractivity contribution in [1.29, 1.82) is 10.8 Å². The summed E-state index contributed by atoms with van der Waals surface area (Å²) in [4.78, 5) is 53.3. The molecule has 4 N–H and O–H groups in total. The molecule has 17 heteroatoms. The molecule has 274 valence electrons. The lowest BCUT2D eigenvalue weighted by Gasteiger charge is -2.33. The zero-order chi connectivity index (χ0) is 36.2. The number of piperidine rings is 2. The summed E-state index contributed by atoms with van der Waals surface area (Å²) in [7, 11) is 0. The van der Waals surface area contributed by atoms with Gasteiger partial charge in [0.25, 0.3) is 0 Å². The highest BCUT2D eigenvalue weighted by molar-refractivity contribution is 8.26. The zero-order valence-corrected chi connectivity index (χ0v) is 32.0. The number of hydrogen-bond donors (Lipinski definition) is 4. The summed E-state index contributed by atoms with van der Waals surface area (Å²) in [5.74, 6) is 1.06. The van der Waals surface area contributed by atoms with Crippen molar-refractivity contribution in [3.63, 3.8) is 0 Å². The second-order valence-electron chi connectivity index (χ2n) is 14.3. The quantitative estimate of drug-likeness (QED) is 0.119. The summed E-state index contributed by atoms with van der Waals surface area (Å²) in [6.45, 7) is 13.2. The third-order valence-corrected chi connectivity index (χ3v) is 10.1. The first-order chi connectivity index (χ1) is 23.0. The number of aryl methyl sites for hydroxylation is 1. The first kappa shape index (κ1) is 40.5. The summed E-state index contributed by atoms with van der Waals surface area (Å²) < 4.78 is 10.9. The Kier molecular flexibility index (Phi) is 15.6. The lowest BCUT2D eigenvalue weighted by Crippen LogP contribution is -2.44. The van der Waals surface area contributed by atoms with E-state index < -0.39 is 11.2 Å². The summed E-state index contributed by atoms with van der Waals surface area (Å²) in [5.41, 5.74) is -1.14. The Balaban J connectivity index is 1.26. The molecule has 0 saturated carbocycles. The van der Waals surface area contributed by atoms with Gasteiger partial charge < -0.3 is 29.9 Å². The number of anilines is 1. The highest BCUT2D eigenvalue weighted by Crippen LogP contribution is 2.25. The normalized spacial score (nSPS) is 18.4. The summed E-state index contributed by atoms with van der Waals surface area (Å²) in [6, 6.07) is 0. The van der Waals surface area contributed by atoms with Crippen LogP contribution in [0.15, 0.2) is 0 Å². The number of ether oxygens (including phenoxy) is 2. The van der Waals surface area contributed by atoms with Crippen molar-refractivity contribution < 1.29 is 28.7 Å². The molecule has 1 aromatic heterocycles. The minimum atomic E-state index is -0.576. The van der Waals surface area contributed by atoms with Crippen molar-refractivity contribution >= 4 is 74.2 Å². The molecule has 2 unspecified atom stereocenters. The predicted octanol–water partition coefficient (Wildman–Crippen LogP) is 5.98. The van der Waals surface area contributed by atoms with Crippen LogP contribution in [0.5, 0.6) is 0 Å². The number of amides is 4. The largest absolute Gasteiger partial charge is 0.444 e. The lowest BCUT2D eigenvalue weighted by molar-refractivity contribution is -0.121. The van der Waals surface area contributed by atoms with E-state index in [9.17, 15) is 19.2 Å². The molecular weight excluding hydrogens is 689 g/mol. The smallest absolute Gasteiger partial charge is 0.410 e. The van der Waals surface area contributed by atoms with Gasteiger partial charge in [-0.05, 0) is 102 Å². The Hall–Kier alpha value is -2.92. The molecule has 4 amide bonds. The lowest BCUT2D eigenvalue weighted by atomic mass is 9.95. The maximum Gasteiger partial charge on any atom is 0.410 e. The van der Waals surface area contributed by atoms with E-state index in [0.29, 0.717) is 61.4 Å². The van der Waals surface area contributed by atoms with Gasteiger partial charge in [0.1, 0.15) is 16.2 Å². The van der Waals surface area contributed by atoms with Crippen molar-refractivity contribution in [2.75, 3.05) is 43.0 Å². The van der Waals surface area contributed by atoms with Gasteiger partial charge >= 0.3 is 12.2 Å². The zero-order valence-electron chi connectivity index (χ0n) is 29.5. The molecule has 0 radical (unpaired) electrons. The van der Waals surface area contributed by atoms with Crippen molar-refractivity contribution in [2.45, 2.75) is 104 Å². The van der Waals surface area contributed by atoms with Gasteiger partial charge in [0.05, 0.1) is 5.04 Å². The Morgan fingerprint density at radius 2 is 1.41 bits per heavy atom. The van der Waals surface area contributed by atoms with Crippen LogP contribution < -0.4 is 10.6 Å². The number of likely N-dealkylation sites (tertiary alicyclic amines) is 2. The average molecular weight is 741 g/mol. The van der Waals surface area contributed by atoms with E-state index in [1.165, 1.54) is 11.3 Å². The molecule has 0 aromatic carbocycles. The van der Waals surface area contributed by atoms with E-state index in [1.807, 2.05) is 41.5 Å². The summed E-state index contributed by atoms with van der Waals surface area (Å²) in [5, 5.41) is 31.5. The number of nitrogens with one attached hydrogen (secondary N) is 4. The molecular formula is C32H52N8O6S3. The van der Waals surface area contributed by atoms with Gasteiger partial charge in [-0.3, -0.25) is 20.4 Å². The second-order valence-corrected chi connectivity index (χ2v) is 17.7. The molecule has 0 spiro atoms. The number of aromatic nitrogens is 2. The monoisotopic (exact) mass is 740 g/mol. The van der Waals surface area contributed by atoms with E-state index in [1.54, 1.807) is 21.6 Å². The molecule has 2 atom stereocenters. The first-order valence-corrected chi connectivity index (χ1v) is 19.5. The van der Waals surface area contributed by atoms with Crippen LogP contribution >= 0.6 is 34.9 Å². The van der Waals surface area contributed by atoms with Gasteiger partial charge in [0.2, 0.25) is 16.9 Å². The van der Waals surface area contributed by atoms with Gasteiger partial charge in [-0.1, -0.05) is 11.3 Å². The molecule has 14 nitrogen and oxygen atoms in total. The molecule has 2 aliphatic heterocycles. The fourth-order valence-electron chi connectivity index (χ4n) is 5.35. The Bertz CT molecular complexity index is 1330. The van der Waals surface area contributed by atoms with Crippen LogP contribution in [0.2, 0.25) is 0 Å². The van der Waals surface area contributed by atoms with Crippen LogP contribution in [0.3, 0.4) is 0 Å². The summed E-state index contributed by atoms with van der Waals surface area (Å²) >= 11 is 3.92. The molecule has 3 heterocycles. The van der Waals surface area contributed by atoms with E-state index in [-0.39, 0.29) is 47.4 Å². The first-order valence-electron chi connectivity index (χ1n) is 16.7.